The number of carbonyl (C=O) groups excluding carboxylic acids is 1. The first-order chi connectivity index (χ1) is 11.5. The van der Waals surface area contributed by atoms with E-state index in [0.29, 0.717) is 41.8 Å². The maximum absolute atomic E-state index is 13.7. The highest BCUT2D eigenvalue weighted by molar-refractivity contribution is 6.07. The summed E-state index contributed by atoms with van der Waals surface area (Å²) in [4.78, 5) is 30.3. The number of carboxylic acids is 1. The highest BCUT2D eigenvalue weighted by Crippen LogP contribution is 2.40. The van der Waals surface area contributed by atoms with Crippen molar-refractivity contribution in [3.05, 3.63) is 41.3 Å². The predicted molar refractivity (Wildman–Crippen MR) is 85.4 cm³/mol. The Morgan fingerprint density at radius 1 is 1.21 bits per heavy atom. The Balaban J connectivity index is 1.83. The summed E-state index contributed by atoms with van der Waals surface area (Å²) >= 11 is 0. The SMILES string of the molecule is O=C(O)[C@@H]1CCCN1C(=O)c1cc(C2CC2)nc2ccc(F)cc12. The summed E-state index contributed by atoms with van der Waals surface area (Å²) in [5.41, 5.74) is 1.77. The van der Waals surface area contributed by atoms with Gasteiger partial charge in [0.15, 0.2) is 0 Å². The molecule has 1 saturated heterocycles. The van der Waals surface area contributed by atoms with E-state index in [4.69, 9.17) is 0 Å². The molecule has 1 atom stereocenters. The number of hydrogen-bond donors (Lipinski definition) is 1. The van der Waals surface area contributed by atoms with Crippen LogP contribution < -0.4 is 0 Å². The highest BCUT2D eigenvalue weighted by atomic mass is 19.1. The standard InChI is InChI=1S/C18H17FN2O3/c19-11-5-6-14-12(8-11)13(9-15(20-14)10-3-4-10)17(22)21-7-1-2-16(21)18(23)24/h5-6,8-10,16H,1-4,7H2,(H,23,24)/t16-/m0/s1. The van der Waals surface area contributed by atoms with E-state index in [9.17, 15) is 19.1 Å². The molecule has 0 unspecified atom stereocenters. The zero-order valence-electron chi connectivity index (χ0n) is 13.0. The minimum Gasteiger partial charge on any atom is -0.480 e. The van der Waals surface area contributed by atoms with Crippen molar-refractivity contribution in [3.8, 4) is 0 Å². The minimum absolute atomic E-state index is 0.347. The van der Waals surface area contributed by atoms with Crippen LogP contribution in [0.5, 0.6) is 0 Å². The molecular weight excluding hydrogens is 311 g/mol. The molecule has 124 valence electrons. The van der Waals surface area contributed by atoms with E-state index in [-0.39, 0.29) is 5.91 Å². The smallest absolute Gasteiger partial charge is 0.326 e. The molecule has 4 rings (SSSR count). The van der Waals surface area contributed by atoms with Crippen LogP contribution in [0.15, 0.2) is 24.3 Å². The molecule has 1 amide bonds. The van der Waals surface area contributed by atoms with E-state index in [1.165, 1.54) is 17.0 Å². The molecule has 2 aromatic rings. The number of aromatic nitrogens is 1. The first kappa shape index (κ1) is 15.1. The van der Waals surface area contributed by atoms with Gasteiger partial charge in [0, 0.05) is 23.5 Å². The number of likely N-dealkylation sites (tertiary alicyclic amines) is 1. The zero-order chi connectivity index (χ0) is 16.8. The fraction of sp³-hybridized carbons (Fsp3) is 0.389. The largest absolute Gasteiger partial charge is 0.480 e. The lowest BCUT2D eigenvalue weighted by atomic mass is 10.0. The van der Waals surface area contributed by atoms with Crippen molar-refractivity contribution in [3.63, 3.8) is 0 Å². The van der Waals surface area contributed by atoms with Crippen molar-refractivity contribution in [2.45, 2.75) is 37.6 Å². The van der Waals surface area contributed by atoms with E-state index in [2.05, 4.69) is 4.98 Å². The number of amides is 1. The molecule has 6 heteroatoms. The zero-order valence-corrected chi connectivity index (χ0v) is 13.0. The topological polar surface area (TPSA) is 70.5 Å². The van der Waals surface area contributed by atoms with Gasteiger partial charge in [-0.15, -0.1) is 0 Å². The number of halogens is 1. The Morgan fingerprint density at radius 2 is 2.00 bits per heavy atom. The maximum Gasteiger partial charge on any atom is 0.326 e. The second kappa shape index (κ2) is 5.54. The predicted octanol–water partition coefficient (Wildman–Crippen LogP) is 2.94. The van der Waals surface area contributed by atoms with Gasteiger partial charge in [-0.25, -0.2) is 9.18 Å². The summed E-state index contributed by atoms with van der Waals surface area (Å²) in [5, 5.41) is 9.77. The van der Waals surface area contributed by atoms with E-state index in [0.717, 1.165) is 18.5 Å². The number of aliphatic carboxylic acids is 1. The summed E-state index contributed by atoms with van der Waals surface area (Å²) in [5.74, 6) is -1.43. The summed E-state index contributed by atoms with van der Waals surface area (Å²) in [6.07, 6.45) is 3.19. The molecule has 1 aliphatic heterocycles. The third kappa shape index (κ3) is 2.52. The molecule has 24 heavy (non-hydrogen) atoms. The van der Waals surface area contributed by atoms with Gasteiger partial charge in [0.05, 0.1) is 11.1 Å². The van der Waals surface area contributed by atoms with Crippen LogP contribution in [-0.4, -0.2) is 39.5 Å². The van der Waals surface area contributed by atoms with E-state index in [1.807, 2.05) is 0 Å². The maximum atomic E-state index is 13.7. The Morgan fingerprint density at radius 3 is 2.71 bits per heavy atom. The molecule has 0 radical (unpaired) electrons. The van der Waals surface area contributed by atoms with Crippen molar-refractivity contribution in [1.82, 2.24) is 9.88 Å². The molecule has 2 fully saturated rings. The third-order valence-corrected chi connectivity index (χ3v) is 4.82. The van der Waals surface area contributed by atoms with Gasteiger partial charge >= 0.3 is 5.97 Å². The van der Waals surface area contributed by atoms with Crippen LogP contribution >= 0.6 is 0 Å². The molecule has 1 N–H and O–H groups in total. The van der Waals surface area contributed by atoms with Gasteiger partial charge in [0.1, 0.15) is 11.9 Å². The van der Waals surface area contributed by atoms with Crippen LogP contribution in [-0.2, 0) is 4.79 Å². The highest BCUT2D eigenvalue weighted by Gasteiger charge is 2.36. The normalized spacial score (nSPS) is 20.5. The van der Waals surface area contributed by atoms with Crippen molar-refractivity contribution in [1.29, 1.82) is 0 Å². The van der Waals surface area contributed by atoms with Crippen LogP contribution in [0.25, 0.3) is 10.9 Å². The number of carbonyl (C=O) groups is 2. The quantitative estimate of drug-likeness (QED) is 0.940. The van der Waals surface area contributed by atoms with Gasteiger partial charge in [0.2, 0.25) is 0 Å². The minimum atomic E-state index is -0.993. The van der Waals surface area contributed by atoms with Gasteiger partial charge < -0.3 is 10.0 Å². The number of pyridine rings is 1. The number of rotatable bonds is 3. The van der Waals surface area contributed by atoms with Crippen LogP contribution in [0.3, 0.4) is 0 Å². The van der Waals surface area contributed by atoms with Gasteiger partial charge in [0.25, 0.3) is 5.91 Å². The molecule has 1 aromatic heterocycles. The van der Waals surface area contributed by atoms with Crippen molar-refractivity contribution in [2.24, 2.45) is 0 Å². The fourth-order valence-corrected chi connectivity index (χ4v) is 3.40. The molecule has 2 aliphatic rings. The molecule has 0 spiro atoms. The number of hydrogen-bond acceptors (Lipinski definition) is 3. The molecule has 2 heterocycles. The van der Waals surface area contributed by atoms with Gasteiger partial charge in [-0.05, 0) is 49.9 Å². The first-order valence-electron chi connectivity index (χ1n) is 8.18. The number of benzene rings is 1. The van der Waals surface area contributed by atoms with Crippen LogP contribution in [0.2, 0.25) is 0 Å². The van der Waals surface area contributed by atoms with Crippen LogP contribution in [0.1, 0.15) is 47.7 Å². The average molecular weight is 328 g/mol. The molecule has 5 nitrogen and oxygen atoms in total. The monoisotopic (exact) mass is 328 g/mol. The summed E-state index contributed by atoms with van der Waals surface area (Å²) in [6, 6.07) is 5.12. The molecular formula is C18H17FN2O3. The van der Waals surface area contributed by atoms with Crippen LogP contribution in [0, 0.1) is 5.82 Å². The van der Waals surface area contributed by atoms with E-state index >= 15 is 0 Å². The molecule has 1 saturated carbocycles. The number of carboxylic acid groups (broad SMARTS) is 1. The van der Waals surface area contributed by atoms with Gasteiger partial charge in [-0.3, -0.25) is 9.78 Å². The molecule has 1 aromatic carbocycles. The van der Waals surface area contributed by atoms with E-state index in [1.54, 1.807) is 12.1 Å². The van der Waals surface area contributed by atoms with E-state index < -0.39 is 17.8 Å². The lowest BCUT2D eigenvalue weighted by Gasteiger charge is -2.22. The van der Waals surface area contributed by atoms with Crippen molar-refractivity contribution >= 4 is 22.8 Å². The van der Waals surface area contributed by atoms with Crippen molar-refractivity contribution < 1.29 is 19.1 Å². The van der Waals surface area contributed by atoms with Gasteiger partial charge in [-0.1, -0.05) is 0 Å². The fourth-order valence-electron chi connectivity index (χ4n) is 3.40. The summed E-state index contributed by atoms with van der Waals surface area (Å²) < 4.78 is 13.7. The molecule has 0 bridgehead atoms. The number of nitrogens with zero attached hydrogens (tertiary/aromatic N) is 2. The first-order valence-corrected chi connectivity index (χ1v) is 8.18. The Labute approximate surface area is 138 Å². The average Bonchev–Trinajstić information content (AvgIpc) is 3.29. The lowest BCUT2D eigenvalue weighted by Crippen LogP contribution is -2.40. The second-order valence-electron chi connectivity index (χ2n) is 6.53. The Bertz CT molecular complexity index is 848. The van der Waals surface area contributed by atoms with Crippen molar-refractivity contribution in [2.75, 3.05) is 6.54 Å². The summed E-state index contributed by atoms with van der Waals surface area (Å²) in [6.45, 7) is 0.410. The third-order valence-electron chi connectivity index (χ3n) is 4.82. The summed E-state index contributed by atoms with van der Waals surface area (Å²) in [7, 11) is 0. The number of fused-ring (bicyclic) bond motifs is 1. The second-order valence-corrected chi connectivity index (χ2v) is 6.53. The molecule has 1 aliphatic carbocycles. The Hall–Kier alpha value is -2.50. The van der Waals surface area contributed by atoms with Crippen LogP contribution in [0.4, 0.5) is 4.39 Å². The lowest BCUT2D eigenvalue weighted by molar-refractivity contribution is -0.141. The Kier molecular flexibility index (Phi) is 3.48. The van der Waals surface area contributed by atoms with Gasteiger partial charge in [-0.2, -0.15) is 0 Å².